The van der Waals surface area contributed by atoms with Crippen LogP contribution >= 0.6 is 0 Å². The number of hydrogen-bond donors (Lipinski definition) is 1. The number of nitriles is 1. The van der Waals surface area contributed by atoms with Crippen molar-refractivity contribution in [2.45, 2.75) is 26.4 Å². The minimum absolute atomic E-state index is 0.160. The fraction of sp³-hybridized carbons (Fsp3) is 0.462. The molecule has 0 fully saturated rings. The normalized spacial score (nSPS) is 10.9. The van der Waals surface area contributed by atoms with Crippen molar-refractivity contribution in [1.82, 2.24) is 0 Å². The van der Waals surface area contributed by atoms with Crippen molar-refractivity contribution in [1.29, 1.82) is 5.26 Å². The highest BCUT2D eigenvalue weighted by molar-refractivity contribution is 5.56. The molecule has 4 nitrogen and oxygen atoms in total. The van der Waals surface area contributed by atoms with Gasteiger partial charge in [0.25, 0.3) is 0 Å². The van der Waals surface area contributed by atoms with Crippen LogP contribution in [0.3, 0.4) is 0 Å². The third kappa shape index (κ3) is 4.75. The molecule has 0 heterocycles. The van der Waals surface area contributed by atoms with Crippen LogP contribution in [-0.2, 0) is 4.74 Å². The van der Waals surface area contributed by atoms with E-state index in [-0.39, 0.29) is 5.60 Å². The summed E-state index contributed by atoms with van der Waals surface area (Å²) in [5.74, 6) is 0.652. The van der Waals surface area contributed by atoms with Crippen LogP contribution in [0.4, 0.5) is 5.69 Å². The van der Waals surface area contributed by atoms with Crippen LogP contribution in [0.2, 0.25) is 0 Å². The lowest BCUT2D eigenvalue weighted by Crippen LogP contribution is -2.22. The summed E-state index contributed by atoms with van der Waals surface area (Å²) in [7, 11) is 0. The smallest absolute Gasteiger partial charge is 0.121 e. The molecular weight excluding hydrogens is 216 g/mol. The standard InChI is InChI=1S/C13H18N2O2/c1-13(2,3)17-7-6-16-11-5-4-10(9-14)12(15)8-11/h4-5,8H,6-7,15H2,1-3H3. The molecule has 0 unspecified atom stereocenters. The number of nitrogens with zero attached hydrogens (tertiary/aromatic N) is 1. The van der Waals surface area contributed by atoms with E-state index in [9.17, 15) is 0 Å². The lowest BCUT2D eigenvalue weighted by Gasteiger charge is -2.19. The van der Waals surface area contributed by atoms with Crippen molar-refractivity contribution >= 4 is 5.69 Å². The maximum Gasteiger partial charge on any atom is 0.121 e. The van der Waals surface area contributed by atoms with Crippen LogP contribution in [0.25, 0.3) is 0 Å². The molecule has 0 aliphatic heterocycles. The number of anilines is 1. The molecule has 0 aromatic heterocycles. The van der Waals surface area contributed by atoms with E-state index >= 15 is 0 Å². The largest absolute Gasteiger partial charge is 0.491 e. The fourth-order valence-corrected chi connectivity index (χ4v) is 1.24. The average molecular weight is 234 g/mol. The lowest BCUT2D eigenvalue weighted by molar-refractivity contribution is -0.0162. The van der Waals surface area contributed by atoms with Gasteiger partial charge in [0.1, 0.15) is 18.4 Å². The Morgan fingerprint density at radius 3 is 2.53 bits per heavy atom. The van der Waals surface area contributed by atoms with Gasteiger partial charge in [0, 0.05) is 6.07 Å². The van der Waals surface area contributed by atoms with Gasteiger partial charge in [-0.3, -0.25) is 0 Å². The second-order valence-corrected chi connectivity index (χ2v) is 4.67. The highest BCUT2D eigenvalue weighted by atomic mass is 16.5. The van der Waals surface area contributed by atoms with Crippen molar-refractivity contribution in [3.05, 3.63) is 23.8 Å². The van der Waals surface area contributed by atoms with Crippen molar-refractivity contribution in [2.75, 3.05) is 18.9 Å². The van der Waals surface area contributed by atoms with Crippen molar-refractivity contribution < 1.29 is 9.47 Å². The predicted molar refractivity (Wildman–Crippen MR) is 66.8 cm³/mol. The Hall–Kier alpha value is -1.73. The van der Waals surface area contributed by atoms with E-state index in [0.717, 1.165) is 0 Å². The zero-order valence-corrected chi connectivity index (χ0v) is 10.5. The van der Waals surface area contributed by atoms with Gasteiger partial charge in [0.05, 0.1) is 23.5 Å². The van der Waals surface area contributed by atoms with Gasteiger partial charge in [-0.05, 0) is 32.9 Å². The summed E-state index contributed by atoms with van der Waals surface area (Å²) in [5, 5.41) is 8.72. The Labute approximate surface area is 102 Å². The maximum atomic E-state index is 8.72. The summed E-state index contributed by atoms with van der Waals surface area (Å²) in [6, 6.07) is 7.03. The Bertz CT molecular complexity index is 416. The molecule has 0 spiro atoms. The summed E-state index contributed by atoms with van der Waals surface area (Å²) in [5.41, 5.74) is 6.41. The van der Waals surface area contributed by atoms with E-state index in [4.69, 9.17) is 20.5 Å². The van der Waals surface area contributed by atoms with Crippen LogP contribution in [0, 0.1) is 11.3 Å². The maximum absolute atomic E-state index is 8.72. The molecule has 92 valence electrons. The SMILES string of the molecule is CC(C)(C)OCCOc1ccc(C#N)c(N)c1. The fourth-order valence-electron chi connectivity index (χ4n) is 1.24. The van der Waals surface area contributed by atoms with E-state index in [2.05, 4.69) is 0 Å². The van der Waals surface area contributed by atoms with Crippen LogP contribution in [0.15, 0.2) is 18.2 Å². The second kappa shape index (κ2) is 5.55. The van der Waals surface area contributed by atoms with Crippen molar-refractivity contribution in [2.24, 2.45) is 0 Å². The minimum Gasteiger partial charge on any atom is -0.491 e. The molecule has 1 aromatic carbocycles. The van der Waals surface area contributed by atoms with Gasteiger partial charge in [0.2, 0.25) is 0 Å². The van der Waals surface area contributed by atoms with Gasteiger partial charge in [-0.1, -0.05) is 0 Å². The first-order chi connectivity index (χ1) is 7.92. The molecule has 2 N–H and O–H groups in total. The third-order valence-corrected chi connectivity index (χ3v) is 2.03. The van der Waals surface area contributed by atoms with E-state index < -0.39 is 0 Å². The van der Waals surface area contributed by atoms with Gasteiger partial charge in [-0.15, -0.1) is 0 Å². The zero-order chi connectivity index (χ0) is 12.9. The Balaban J connectivity index is 2.43. The van der Waals surface area contributed by atoms with E-state index in [0.29, 0.717) is 30.2 Å². The number of ether oxygens (including phenoxy) is 2. The Kier molecular flexibility index (Phi) is 4.36. The van der Waals surface area contributed by atoms with E-state index in [1.807, 2.05) is 26.8 Å². The number of nitrogens with two attached hydrogens (primary N) is 1. The van der Waals surface area contributed by atoms with Crippen LogP contribution in [0.5, 0.6) is 5.75 Å². The monoisotopic (exact) mass is 234 g/mol. The zero-order valence-electron chi connectivity index (χ0n) is 10.5. The molecule has 0 aliphatic rings. The van der Waals surface area contributed by atoms with Crippen molar-refractivity contribution in [3.63, 3.8) is 0 Å². The number of benzene rings is 1. The average Bonchev–Trinajstić information content (AvgIpc) is 2.23. The summed E-state index contributed by atoms with van der Waals surface area (Å²) >= 11 is 0. The number of rotatable bonds is 4. The molecule has 17 heavy (non-hydrogen) atoms. The quantitative estimate of drug-likeness (QED) is 0.641. The lowest BCUT2D eigenvalue weighted by atomic mass is 10.2. The van der Waals surface area contributed by atoms with E-state index in [1.165, 1.54) is 0 Å². The first-order valence-electron chi connectivity index (χ1n) is 5.49. The van der Waals surface area contributed by atoms with E-state index in [1.54, 1.807) is 18.2 Å². The minimum atomic E-state index is -0.160. The van der Waals surface area contributed by atoms with Gasteiger partial charge in [-0.2, -0.15) is 5.26 Å². The first-order valence-corrected chi connectivity index (χ1v) is 5.49. The third-order valence-electron chi connectivity index (χ3n) is 2.03. The molecule has 1 rings (SSSR count). The van der Waals surface area contributed by atoms with Crippen LogP contribution in [0.1, 0.15) is 26.3 Å². The number of nitrogen functional groups attached to an aromatic ring is 1. The topological polar surface area (TPSA) is 68.3 Å². The highest BCUT2D eigenvalue weighted by Gasteiger charge is 2.09. The molecule has 0 saturated heterocycles. The molecule has 1 aromatic rings. The molecule has 0 amide bonds. The summed E-state index contributed by atoms with van der Waals surface area (Å²) in [4.78, 5) is 0. The number of hydrogen-bond acceptors (Lipinski definition) is 4. The summed E-state index contributed by atoms with van der Waals surface area (Å²) in [6.07, 6.45) is 0. The van der Waals surface area contributed by atoms with Gasteiger partial charge >= 0.3 is 0 Å². The molecular formula is C13H18N2O2. The molecule has 0 bridgehead atoms. The molecule has 0 radical (unpaired) electrons. The molecule has 4 heteroatoms. The van der Waals surface area contributed by atoms with Gasteiger partial charge in [0.15, 0.2) is 0 Å². The summed E-state index contributed by atoms with van der Waals surface area (Å²) < 4.78 is 11.0. The second-order valence-electron chi connectivity index (χ2n) is 4.67. The predicted octanol–water partition coefficient (Wildman–Crippen LogP) is 2.33. The molecule has 0 aliphatic carbocycles. The van der Waals surface area contributed by atoms with Gasteiger partial charge < -0.3 is 15.2 Å². The Morgan fingerprint density at radius 2 is 2.00 bits per heavy atom. The van der Waals surface area contributed by atoms with Gasteiger partial charge in [-0.25, -0.2) is 0 Å². The molecule has 0 atom stereocenters. The molecule has 0 saturated carbocycles. The first kappa shape index (κ1) is 13.3. The van der Waals surface area contributed by atoms with Crippen LogP contribution < -0.4 is 10.5 Å². The van der Waals surface area contributed by atoms with Crippen LogP contribution in [-0.4, -0.2) is 18.8 Å². The summed E-state index contributed by atoms with van der Waals surface area (Å²) in [6.45, 7) is 6.96. The van der Waals surface area contributed by atoms with Crippen molar-refractivity contribution in [3.8, 4) is 11.8 Å². The Morgan fingerprint density at radius 1 is 1.29 bits per heavy atom. The highest BCUT2D eigenvalue weighted by Crippen LogP contribution is 2.19.